The van der Waals surface area contributed by atoms with Crippen LogP contribution in [0.1, 0.15) is 22.3 Å². The second-order valence-corrected chi connectivity index (χ2v) is 9.65. The highest BCUT2D eigenvalue weighted by atomic mass is 32.2. The number of pyridine rings is 1. The van der Waals surface area contributed by atoms with Crippen molar-refractivity contribution in [3.05, 3.63) is 94.1 Å². The van der Waals surface area contributed by atoms with Gasteiger partial charge in [0.05, 0.1) is 12.0 Å². The van der Waals surface area contributed by atoms with E-state index in [1.165, 1.54) is 12.7 Å². The first-order chi connectivity index (χ1) is 18.0. The first-order valence-electron chi connectivity index (χ1n) is 11.8. The molecule has 188 valence electrons. The summed E-state index contributed by atoms with van der Waals surface area (Å²) in [6, 6.07) is 17.0. The van der Waals surface area contributed by atoms with Gasteiger partial charge in [-0.15, -0.1) is 0 Å². The van der Waals surface area contributed by atoms with Crippen molar-refractivity contribution in [2.45, 2.75) is 19.6 Å². The Balaban J connectivity index is 1.25. The van der Waals surface area contributed by atoms with Crippen molar-refractivity contribution < 1.29 is 23.9 Å². The fraction of sp³-hybridized carbons (Fsp3) is 0.214. The molecule has 0 bridgehead atoms. The Bertz CT molecular complexity index is 1380. The number of carbonyl (C=O) groups excluding carboxylic acids is 3. The zero-order chi connectivity index (χ0) is 25.8. The maximum Gasteiger partial charge on any atom is 0.294 e. The van der Waals surface area contributed by atoms with Gasteiger partial charge >= 0.3 is 0 Å². The van der Waals surface area contributed by atoms with Crippen LogP contribution >= 0.6 is 11.8 Å². The molecule has 5 rings (SSSR count). The van der Waals surface area contributed by atoms with E-state index in [4.69, 9.17) is 9.47 Å². The monoisotopic (exact) mass is 515 g/mol. The van der Waals surface area contributed by atoms with Crippen LogP contribution in [-0.4, -0.2) is 52.0 Å². The Morgan fingerprint density at radius 3 is 2.62 bits per heavy atom. The van der Waals surface area contributed by atoms with Gasteiger partial charge in [-0.1, -0.05) is 30.3 Å². The first kappa shape index (κ1) is 24.6. The van der Waals surface area contributed by atoms with Gasteiger partial charge in [0.1, 0.15) is 13.2 Å². The summed E-state index contributed by atoms with van der Waals surface area (Å²) < 4.78 is 11.3. The van der Waals surface area contributed by atoms with Crippen LogP contribution in [0.2, 0.25) is 0 Å². The van der Waals surface area contributed by atoms with Gasteiger partial charge in [-0.3, -0.25) is 24.3 Å². The van der Waals surface area contributed by atoms with E-state index in [1.807, 2.05) is 30.3 Å². The van der Waals surface area contributed by atoms with Crippen LogP contribution in [-0.2, 0) is 29.2 Å². The van der Waals surface area contributed by atoms with E-state index in [0.29, 0.717) is 36.8 Å². The van der Waals surface area contributed by atoms with Gasteiger partial charge in [0.25, 0.3) is 11.1 Å². The lowest BCUT2D eigenvalue weighted by Crippen LogP contribution is -2.44. The van der Waals surface area contributed by atoms with Crippen LogP contribution in [0, 0.1) is 0 Å². The van der Waals surface area contributed by atoms with Crippen molar-refractivity contribution in [3.8, 4) is 11.5 Å². The summed E-state index contributed by atoms with van der Waals surface area (Å²) >= 11 is 0.829. The van der Waals surface area contributed by atoms with E-state index in [0.717, 1.165) is 34.2 Å². The molecular formula is C28H25N3O5S. The molecule has 37 heavy (non-hydrogen) atoms. The summed E-state index contributed by atoms with van der Waals surface area (Å²) in [5.74, 6) is 0.342. The number of fused-ring (bicyclic) bond motifs is 1. The molecule has 2 aliphatic rings. The molecule has 1 aromatic heterocycles. The minimum absolute atomic E-state index is 0.240. The van der Waals surface area contributed by atoms with Crippen LogP contribution < -0.4 is 9.47 Å². The summed E-state index contributed by atoms with van der Waals surface area (Å²) in [6.45, 7) is 1.14. The molecule has 1 fully saturated rings. The van der Waals surface area contributed by atoms with Gasteiger partial charge < -0.3 is 14.4 Å². The number of imide groups is 1. The highest BCUT2D eigenvalue weighted by Crippen LogP contribution is 2.35. The molecule has 0 spiro atoms. The minimum atomic E-state index is -0.474. The molecule has 3 aromatic rings. The summed E-state index contributed by atoms with van der Waals surface area (Å²) in [7, 11) is 1.54. The maximum absolute atomic E-state index is 13.0. The normalized spacial score (nSPS) is 16.2. The second kappa shape index (κ2) is 10.9. The largest absolute Gasteiger partial charge is 0.493 e. The molecule has 0 saturated carbocycles. The first-order valence-corrected chi connectivity index (χ1v) is 12.6. The lowest BCUT2D eigenvalue weighted by molar-refractivity contribution is -0.136. The zero-order valence-electron chi connectivity index (χ0n) is 20.3. The molecule has 0 radical (unpaired) electrons. The van der Waals surface area contributed by atoms with E-state index < -0.39 is 11.1 Å². The van der Waals surface area contributed by atoms with Crippen molar-refractivity contribution >= 4 is 34.9 Å². The second-order valence-electron chi connectivity index (χ2n) is 8.66. The Kier molecular flexibility index (Phi) is 7.23. The van der Waals surface area contributed by atoms with Crippen LogP contribution in [0.3, 0.4) is 0 Å². The average Bonchev–Trinajstić information content (AvgIpc) is 3.19. The van der Waals surface area contributed by atoms with Crippen molar-refractivity contribution in [3.63, 3.8) is 0 Å². The fourth-order valence-corrected chi connectivity index (χ4v) is 5.10. The predicted octanol–water partition coefficient (Wildman–Crippen LogP) is 4.29. The Morgan fingerprint density at radius 2 is 1.84 bits per heavy atom. The number of thioether (sulfide) groups is 1. The Hall–Kier alpha value is -4.11. The van der Waals surface area contributed by atoms with E-state index in [1.54, 1.807) is 41.6 Å². The minimum Gasteiger partial charge on any atom is -0.493 e. The van der Waals surface area contributed by atoms with Crippen molar-refractivity contribution in [2.75, 3.05) is 20.2 Å². The number of benzene rings is 2. The number of nitrogens with zero attached hydrogens (tertiary/aromatic N) is 3. The smallest absolute Gasteiger partial charge is 0.294 e. The van der Waals surface area contributed by atoms with E-state index >= 15 is 0 Å². The van der Waals surface area contributed by atoms with Gasteiger partial charge in [0, 0.05) is 25.5 Å². The Morgan fingerprint density at radius 1 is 1.05 bits per heavy atom. The van der Waals surface area contributed by atoms with Crippen LogP contribution in [0.4, 0.5) is 4.79 Å². The van der Waals surface area contributed by atoms with Crippen molar-refractivity contribution in [1.82, 2.24) is 14.8 Å². The van der Waals surface area contributed by atoms with Crippen LogP contribution in [0.25, 0.3) is 6.08 Å². The van der Waals surface area contributed by atoms with Gasteiger partial charge in [0.15, 0.2) is 11.5 Å². The standard InChI is InChI=1S/C28H25N3O5S/c1-35-24-14-20(6-7-23(24)36-18-19-8-11-29-12-9-19)15-25-27(33)31(28(34)37-25)17-26(32)30-13-10-21-4-2-3-5-22(21)16-30/h2-9,11-12,14-15H,10,13,16-18H2,1H3/b25-15+. The van der Waals surface area contributed by atoms with Gasteiger partial charge in [-0.05, 0) is 70.8 Å². The Labute approximate surface area is 218 Å². The summed E-state index contributed by atoms with van der Waals surface area (Å²) in [4.78, 5) is 45.5. The third-order valence-electron chi connectivity index (χ3n) is 6.28. The highest BCUT2D eigenvalue weighted by Gasteiger charge is 2.37. The molecule has 0 unspecified atom stereocenters. The summed E-state index contributed by atoms with van der Waals surface area (Å²) in [5.41, 5.74) is 3.97. The molecule has 3 heterocycles. The van der Waals surface area contributed by atoms with Gasteiger partial charge in [-0.2, -0.15) is 0 Å². The van der Waals surface area contributed by atoms with E-state index in [9.17, 15) is 14.4 Å². The van der Waals surface area contributed by atoms with Crippen LogP contribution in [0.5, 0.6) is 11.5 Å². The number of hydrogen-bond donors (Lipinski definition) is 0. The summed E-state index contributed by atoms with van der Waals surface area (Å²) in [6.07, 6.45) is 5.78. The number of amides is 3. The number of methoxy groups -OCH3 is 1. The third kappa shape index (κ3) is 5.51. The number of ether oxygens (including phenoxy) is 2. The maximum atomic E-state index is 13.0. The molecule has 2 aliphatic heterocycles. The molecule has 2 aromatic carbocycles. The number of carbonyl (C=O) groups is 3. The molecule has 9 heteroatoms. The predicted molar refractivity (Wildman–Crippen MR) is 140 cm³/mol. The fourth-order valence-electron chi connectivity index (χ4n) is 4.26. The number of aromatic nitrogens is 1. The number of hydrogen-bond acceptors (Lipinski definition) is 7. The lowest BCUT2D eigenvalue weighted by atomic mass is 10.00. The highest BCUT2D eigenvalue weighted by molar-refractivity contribution is 8.18. The zero-order valence-corrected chi connectivity index (χ0v) is 21.1. The molecular weight excluding hydrogens is 490 g/mol. The molecule has 0 N–H and O–H groups in total. The van der Waals surface area contributed by atoms with Crippen LogP contribution in [0.15, 0.2) is 71.9 Å². The summed E-state index contributed by atoms with van der Waals surface area (Å²) in [5, 5.41) is -0.453. The van der Waals surface area contributed by atoms with Crippen molar-refractivity contribution in [2.24, 2.45) is 0 Å². The lowest BCUT2D eigenvalue weighted by Gasteiger charge is -2.29. The molecule has 8 nitrogen and oxygen atoms in total. The molecule has 0 atom stereocenters. The number of rotatable bonds is 7. The van der Waals surface area contributed by atoms with Gasteiger partial charge in [0.2, 0.25) is 5.91 Å². The molecule has 3 amide bonds. The van der Waals surface area contributed by atoms with E-state index in [-0.39, 0.29) is 17.4 Å². The van der Waals surface area contributed by atoms with Gasteiger partial charge in [-0.25, -0.2) is 0 Å². The topological polar surface area (TPSA) is 89.0 Å². The molecule has 1 saturated heterocycles. The quantitative estimate of drug-likeness (QED) is 0.434. The van der Waals surface area contributed by atoms with E-state index in [2.05, 4.69) is 11.1 Å². The average molecular weight is 516 g/mol. The molecule has 0 aliphatic carbocycles. The third-order valence-corrected chi connectivity index (χ3v) is 7.19. The SMILES string of the molecule is COc1cc(/C=C2/SC(=O)N(CC(=O)N3CCc4ccccc4C3)C2=O)ccc1OCc1ccncc1. The van der Waals surface area contributed by atoms with Crippen molar-refractivity contribution in [1.29, 1.82) is 0 Å².